The quantitative estimate of drug-likeness (QED) is 0.638. The molecule has 0 radical (unpaired) electrons. The summed E-state index contributed by atoms with van der Waals surface area (Å²) in [4.78, 5) is 14.5. The van der Waals surface area contributed by atoms with Crippen molar-refractivity contribution >= 4 is 5.69 Å². The highest BCUT2D eigenvalue weighted by Crippen LogP contribution is 2.26. The first-order valence-electron chi connectivity index (χ1n) is 6.45. The molecule has 1 atom stereocenters. The first-order chi connectivity index (χ1) is 10.0. The van der Waals surface area contributed by atoms with Crippen LogP contribution >= 0.6 is 0 Å². The van der Waals surface area contributed by atoms with Crippen molar-refractivity contribution in [3.63, 3.8) is 0 Å². The summed E-state index contributed by atoms with van der Waals surface area (Å²) in [5.41, 5.74) is 7.16. The van der Waals surface area contributed by atoms with E-state index in [1.807, 2.05) is 13.8 Å². The average molecular weight is 292 g/mol. The maximum Gasteiger partial charge on any atom is 0.270 e. The van der Waals surface area contributed by atoms with E-state index in [4.69, 9.17) is 15.0 Å². The van der Waals surface area contributed by atoms with Gasteiger partial charge in [-0.15, -0.1) is 0 Å². The van der Waals surface area contributed by atoms with Gasteiger partial charge in [0.25, 0.3) is 11.6 Å². The van der Waals surface area contributed by atoms with Gasteiger partial charge in [-0.05, 0) is 19.4 Å². The fourth-order valence-electron chi connectivity index (χ4n) is 1.77. The van der Waals surface area contributed by atoms with Gasteiger partial charge in [-0.2, -0.15) is 4.98 Å². The Morgan fingerprint density at radius 3 is 2.95 bits per heavy atom. The second-order valence-electron chi connectivity index (χ2n) is 4.48. The van der Waals surface area contributed by atoms with Gasteiger partial charge in [0.15, 0.2) is 5.82 Å². The minimum atomic E-state index is -0.499. The molecule has 21 heavy (non-hydrogen) atoms. The predicted molar refractivity (Wildman–Crippen MR) is 74.5 cm³/mol. The van der Waals surface area contributed by atoms with E-state index in [0.29, 0.717) is 18.0 Å². The molecule has 0 amide bonds. The zero-order chi connectivity index (χ0) is 15.4. The van der Waals surface area contributed by atoms with E-state index in [0.717, 1.165) is 5.56 Å². The van der Waals surface area contributed by atoms with E-state index in [9.17, 15) is 10.1 Å². The lowest BCUT2D eigenvalue weighted by molar-refractivity contribution is -0.384. The van der Waals surface area contributed by atoms with Gasteiger partial charge in [0.05, 0.1) is 17.6 Å². The van der Waals surface area contributed by atoms with Gasteiger partial charge in [-0.1, -0.05) is 11.2 Å². The highest BCUT2D eigenvalue weighted by molar-refractivity contribution is 5.62. The molecule has 0 fully saturated rings. The molecule has 2 aromatic rings. The summed E-state index contributed by atoms with van der Waals surface area (Å²) in [7, 11) is 0. The molecule has 1 aromatic heterocycles. The topological polar surface area (TPSA) is 117 Å². The molecule has 1 aromatic carbocycles. The summed E-state index contributed by atoms with van der Waals surface area (Å²) < 4.78 is 10.4. The Kier molecular flexibility index (Phi) is 4.61. The Labute approximate surface area is 121 Å². The molecule has 0 saturated heterocycles. The lowest BCUT2D eigenvalue weighted by Crippen LogP contribution is -2.18. The fraction of sp³-hybridized carbons (Fsp3) is 0.385. The third-order valence-corrected chi connectivity index (χ3v) is 2.94. The number of non-ortho nitro benzene ring substituents is 1. The summed E-state index contributed by atoms with van der Waals surface area (Å²) in [5.74, 6) is 0.516. The Balaban J connectivity index is 2.29. The van der Waals surface area contributed by atoms with Crippen molar-refractivity contribution in [3.05, 3.63) is 39.7 Å². The molecular weight excluding hydrogens is 276 g/mol. The van der Waals surface area contributed by atoms with Gasteiger partial charge in [-0.25, -0.2) is 0 Å². The Hall–Kier alpha value is -2.32. The van der Waals surface area contributed by atoms with Crippen LogP contribution in [0.3, 0.4) is 0 Å². The molecule has 8 nitrogen and oxygen atoms in total. The number of hydrogen-bond acceptors (Lipinski definition) is 7. The minimum Gasteiger partial charge on any atom is -0.380 e. The number of nitro groups is 1. The van der Waals surface area contributed by atoms with E-state index in [-0.39, 0.29) is 18.2 Å². The van der Waals surface area contributed by atoms with E-state index >= 15 is 0 Å². The van der Waals surface area contributed by atoms with Crippen LogP contribution in [0.1, 0.15) is 24.4 Å². The van der Waals surface area contributed by atoms with E-state index in [1.54, 1.807) is 6.07 Å². The molecule has 0 saturated carbocycles. The van der Waals surface area contributed by atoms with Gasteiger partial charge >= 0.3 is 0 Å². The maximum atomic E-state index is 10.8. The Morgan fingerprint density at radius 1 is 1.52 bits per heavy atom. The van der Waals surface area contributed by atoms with Gasteiger partial charge in [-0.3, -0.25) is 10.1 Å². The molecule has 112 valence electrons. The second-order valence-corrected chi connectivity index (χ2v) is 4.48. The highest BCUT2D eigenvalue weighted by atomic mass is 16.6. The van der Waals surface area contributed by atoms with Crippen LogP contribution in [0.2, 0.25) is 0 Å². The van der Waals surface area contributed by atoms with Crippen LogP contribution in [0.25, 0.3) is 11.5 Å². The number of hydrogen-bond donors (Lipinski definition) is 1. The first kappa shape index (κ1) is 15.1. The van der Waals surface area contributed by atoms with Crippen molar-refractivity contribution in [1.29, 1.82) is 0 Å². The fourth-order valence-corrected chi connectivity index (χ4v) is 1.77. The predicted octanol–water partition coefficient (Wildman–Crippen LogP) is 1.99. The second kappa shape index (κ2) is 6.42. The van der Waals surface area contributed by atoms with Crippen molar-refractivity contribution in [1.82, 2.24) is 10.1 Å². The normalized spacial score (nSPS) is 12.3. The Morgan fingerprint density at radius 2 is 2.29 bits per heavy atom. The van der Waals surface area contributed by atoms with Crippen LogP contribution in [0, 0.1) is 17.0 Å². The van der Waals surface area contributed by atoms with Crippen molar-refractivity contribution < 1.29 is 14.2 Å². The lowest BCUT2D eigenvalue weighted by atomic mass is 10.1. The summed E-state index contributed by atoms with van der Waals surface area (Å²) >= 11 is 0. The maximum absolute atomic E-state index is 10.8. The number of aryl methyl sites for hydroxylation is 1. The number of rotatable bonds is 6. The zero-order valence-electron chi connectivity index (χ0n) is 11.8. The summed E-state index contributed by atoms with van der Waals surface area (Å²) in [6.45, 7) is 4.50. The van der Waals surface area contributed by atoms with Crippen LogP contribution in [0.5, 0.6) is 0 Å². The van der Waals surface area contributed by atoms with Crippen LogP contribution < -0.4 is 5.73 Å². The largest absolute Gasteiger partial charge is 0.380 e. The van der Waals surface area contributed by atoms with Crippen molar-refractivity contribution in [3.8, 4) is 11.5 Å². The van der Waals surface area contributed by atoms with Crippen molar-refractivity contribution in [2.24, 2.45) is 5.73 Å². The number of benzene rings is 1. The Bertz CT molecular complexity index is 641. The third kappa shape index (κ3) is 3.41. The third-order valence-electron chi connectivity index (χ3n) is 2.94. The van der Waals surface area contributed by atoms with Gasteiger partial charge in [0.2, 0.25) is 0 Å². The van der Waals surface area contributed by atoms with E-state index in [2.05, 4.69) is 10.1 Å². The molecule has 0 spiro atoms. The summed E-state index contributed by atoms with van der Waals surface area (Å²) in [6, 6.07) is 3.97. The van der Waals surface area contributed by atoms with Crippen molar-refractivity contribution in [2.75, 3.05) is 13.2 Å². The van der Waals surface area contributed by atoms with Crippen LogP contribution in [-0.2, 0) is 4.74 Å². The molecule has 2 rings (SSSR count). The molecule has 2 N–H and O–H groups in total. The highest BCUT2D eigenvalue weighted by Gasteiger charge is 2.18. The average Bonchev–Trinajstić information content (AvgIpc) is 2.94. The molecule has 0 aliphatic heterocycles. The number of aromatic nitrogens is 2. The number of ether oxygens (including phenoxy) is 1. The molecule has 0 aliphatic carbocycles. The number of nitrogens with zero attached hydrogens (tertiary/aromatic N) is 3. The standard InChI is InChI=1S/C13H16N4O4/c1-3-20-7-11(14)12-15-13(21-16-12)10-6-9(17(18)19)5-4-8(10)2/h4-6,11H,3,7,14H2,1-2H3. The first-order valence-corrected chi connectivity index (χ1v) is 6.45. The molecule has 0 bridgehead atoms. The van der Waals surface area contributed by atoms with E-state index < -0.39 is 11.0 Å². The molecular formula is C13H16N4O4. The monoisotopic (exact) mass is 292 g/mol. The van der Waals surface area contributed by atoms with Crippen LogP contribution in [-0.4, -0.2) is 28.3 Å². The zero-order valence-corrected chi connectivity index (χ0v) is 11.8. The number of nitro benzene ring substituents is 1. The van der Waals surface area contributed by atoms with Crippen LogP contribution in [0.4, 0.5) is 5.69 Å². The minimum absolute atomic E-state index is 0.0334. The number of nitrogens with two attached hydrogens (primary N) is 1. The van der Waals surface area contributed by atoms with Gasteiger partial charge in [0.1, 0.15) is 0 Å². The lowest BCUT2D eigenvalue weighted by Gasteiger charge is -2.05. The van der Waals surface area contributed by atoms with Crippen LogP contribution in [0.15, 0.2) is 22.7 Å². The smallest absolute Gasteiger partial charge is 0.270 e. The SMILES string of the molecule is CCOCC(N)c1noc(-c2cc([N+](=O)[O-])ccc2C)n1. The molecule has 0 aliphatic rings. The van der Waals surface area contributed by atoms with Gasteiger partial charge in [0, 0.05) is 24.3 Å². The molecule has 8 heteroatoms. The van der Waals surface area contributed by atoms with E-state index in [1.165, 1.54) is 12.1 Å². The summed E-state index contributed by atoms with van der Waals surface area (Å²) in [6.07, 6.45) is 0. The van der Waals surface area contributed by atoms with Gasteiger partial charge < -0.3 is 15.0 Å². The van der Waals surface area contributed by atoms with Crippen molar-refractivity contribution in [2.45, 2.75) is 19.9 Å². The molecule has 1 heterocycles. The molecule has 1 unspecified atom stereocenters. The summed E-state index contributed by atoms with van der Waals surface area (Å²) in [5, 5.41) is 14.6.